The Morgan fingerprint density at radius 2 is 1.89 bits per heavy atom. The molecule has 1 aromatic carbocycles. The molecule has 1 aliphatic heterocycles. The molecule has 0 spiro atoms. The monoisotopic (exact) mass is 514 g/mol. The summed E-state index contributed by atoms with van der Waals surface area (Å²) in [4.78, 5) is 21.1. The number of amides is 1. The largest absolute Gasteiger partial charge is 0.497 e. The van der Waals surface area contributed by atoms with E-state index in [4.69, 9.17) is 15.2 Å². The molecule has 1 saturated carbocycles. The number of ether oxygens (including phenoxy) is 2. The summed E-state index contributed by atoms with van der Waals surface area (Å²) in [5, 5.41) is 13.1. The lowest BCUT2D eigenvalue weighted by atomic mass is 9.90. The van der Waals surface area contributed by atoms with Crippen molar-refractivity contribution < 1.29 is 32.5 Å². The van der Waals surface area contributed by atoms with E-state index in [2.05, 4.69) is 15.3 Å². The zero-order chi connectivity index (χ0) is 26.3. The smallest absolute Gasteiger partial charge is 0.274 e. The molecule has 8 nitrogen and oxygen atoms in total. The molecule has 1 saturated heterocycles. The van der Waals surface area contributed by atoms with E-state index in [0.717, 1.165) is 37.1 Å². The molecule has 4 unspecified atom stereocenters. The lowest BCUT2D eigenvalue weighted by molar-refractivity contribution is -0.136. The number of carbonyl (C=O) groups is 1. The maximum atomic E-state index is 14.6. The molecule has 37 heavy (non-hydrogen) atoms. The highest BCUT2D eigenvalue weighted by Crippen LogP contribution is 2.43. The summed E-state index contributed by atoms with van der Waals surface area (Å²) in [6, 6.07) is 4.99. The van der Waals surface area contributed by atoms with Gasteiger partial charge < -0.3 is 25.6 Å². The van der Waals surface area contributed by atoms with Crippen LogP contribution in [-0.2, 0) is 4.74 Å². The zero-order valence-electron chi connectivity index (χ0n) is 19.8. The van der Waals surface area contributed by atoms with Crippen LogP contribution in [0, 0.1) is 23.4 Å². The summed E-state index contributed by atoms with van der Waals surface area (Å²) in [5.41, 5.74) is 5.46. The van der Waals surface area contributed by atoms with Crippen molar-refractivity contribution in [2.75, 3.05) is 12.4 Å². The fourth-order valence-electron chi connectivity index (χ4n) is 4.59. The third-order valence-corrected chi connectivity index (χ3v) is 6.69. The van der Waals surface area contributed by atoms with Gasteiger partial charge >= 0.3 is 0 Å². The van der Waals surface area contributed by atoms with Crippen LogP contribution in [0.3, 0.4) is 0 Å². The van der Waals surface area contributed by atoms with E-state index in [1.54, 1.807) is 12.3 Å². The van der Waals surface area contributed by atoms with Gasteiger partial charge in [-0.1, -0.05) is 0 Å². The summed E-state index contributed by atoms with van der Waals surface area (Å²) in [5.74, 6) is -3.77. The first-order valence-electron chi connectivity index (χ1n) is 11.8. The number of aromatic nitrogens is 2. The number of hydrogen-bond donors (Lipinski definition) is 3. The van der Waals surface area contributed by atoms with Gasteiger partial charge in [-0.25, -0.2) is 18.2 Å². The van der Waals surface area contributed by atoms with Crippen molar-refractivity contribution >= 4 is 11.6 Å². The molecular weight excluding hydrogens is 489 g/mol. The average Bonchev–Trinajstić information content (AvgIpc) is 3.72. The highest BCUT2D eigenvalue weighted by Gasteiger charge is 2.45. The lowest BCUT2D eigenvalue weighted by Crippen LogP contribution is -2.50. The van der Waals surface area contributed by atoms with Gasteiger partial charge in [-0.05, 0) is 43.4 Å². The van der Waals surface area contributed by atoms with E-state index in [1.807, 2.05) is 0 Å². The number of nitrogens with one attached hydrogen (secondary N) is 1. The van der Waals surface area contributed by atoms with Crippen LogP contribution in [0.15, 0.2) is 42.7 Å². The Balaban J connectivity index is 1.42. The Hall–Kier alpha value is -3.54. The number of hydrogen-bond acceptors (Lipinski definition) is 7. The van der Waals surface area contributed by atoms with Gasteiger partial charge in [0.1, 0.15) is 34.6 Å². The second kappa shape index (κ2) is 10.1. The Labute approximate surface area is 210 Å². The van der Waals surface area contributed by atoms with Crippen LogP contribution in [0.25, 0.3) is 11.3 Å². The third kappa shape index (κ3) is 5.02. The number of nitrogens with zero attached hydrogens (tertiary/aromatic N) is 2. The van der Waals surface area contributed by atoms with Gasteiger partial charge in [0.05, 0.1) is 42.9 Å². The van der Waals surface area contributed by atoms with Crippen molar-refractivity contribution in [3.8, 4) is 17.0 Å². The zero-order valence-corrected chi connectivity index (χ0v) is 19.8. The molecule has 4 N–H and O–H groups in total. The van der Waals surface area contributed by atoms with E-state index in [0.29, 0.717) is 17.7 Å². The number of methoxy groups -OCH3 is 1. The predicted octanol–water partition coefficient (Wildman–Crippen LogP) is 3.75. The number of pyridine rings is 2. The number of benzene rings is 1. The molecule has 2 fully saturated rings. The Bertz CT molecular complexity index is 1310. The quantitative estimate of drug-likeness (QED) is 0.458. The Kier molecular flexibility index (Phi) is 6.84. The number of aliphatic hydroxyl groups excluding tert-OH is 1. The van der Waals surface area contributed by atoms with Crippen molar-refractivity contribution in [3.63, 3.8) is 0 Å². The van der Waals surface area contributed by atoms with Gasteiger partial charge in [0.25, 0.3) is 5.91 Å². The average molecular weight is 515 g/mol. The van der Waals surface area contributed by atoms with Gasteiger partial charge in [0.15, 0.2) is 0 Å². The van der Waals surface area contributed by atoms with Gasteiger partial charge in [0, 0.05) is 29.9 Å². The van der Waals surface area contributed by atoms with Crippen LogP contribution < -0.4 is 15.8 Å². The minimum atomic E-state index is -1.09. The molecular formula is C26H25F3N4O4. The second-order valence-electron chi connectivity index (χ2n) is 9.23. The highest BCUT2D eigenvalue weighted by molar-refractivity contribution is 6.03. The number of carbonyl (C=O) groups excluding carboxylic acids is 1. The van der Waals surface area contributed by atoms with Crippen LogP contribution in [0.1, 0.15) is 41.4 Å². The van der Waals surface area contributed by atoms with Crippen LogP contribution in [0.5, 0.6) is 5.75 Å². The van der Waals surface area contributed by atoms with Crippen LogP contribution in [0.2, 0.25) is 0 Å². The molecule has 11 heteroatoms. The normalized spacial score (nSPS) is 23.5. The summed E-state index contributed by atoms with van der Waals surface area (Å²) in [7, 11) is 1.24. The molecule has 194 valence electrons. The van der Waals surface area contributed by atoms with Crippen molar-refractivity contribution in [3.05, 3.63) is 71.4 Å². The maximum Gasteiger partial charge on any atom is 0.274 e. The number of anilines is 1. The van der Waals surface area contributed by atoms with E-state index in [9.17, 15) is 23.1 Å². The van der Waals surface area contributed by atoms with Gasteiger partial charge in [-0.15, -0.1) is 0 Å². The topological polar surface area (TPSA) is 120 Å². The maximum absolute atomic E-state index is 14.6. The van der Waals surface area contributed by atoms with Crippen molar-refractivity contribution in [1.29, 1.82) is 0 Å². The highest BCUT2D eigenvalue weighted by atomic mass is 19.1. The fourth-order valence-corrected chi connectivity index (χ4v) is 4.59. The summed E-state index contributed by atoms with van der Waals surface area (Å²) in [6.07, 6.45) is 3.52. The molecule has 1 amide bonds. The van der Waals surface area contributed by atoms with Crippen LogP contribution in [-0.4, -0.2) is 46.3 Å². The number of halogens is 3. The summed E-state index contributed by atoms with van der Waals surface area (Å²) in [6.45, 7) is 0. The van der Waals surface area contributed by atoms with Crippen molar-refractivity contribution in [2.24, 2.45) is 11.7 Å². The van der Waals surface area contributed by atoms with E-state index in [-0.39, 0.29) is 17.4 Å². The third-order valence-electron chi connectivity index (χ3n) is 6.69. The van der Waals surface area contributed by atoms with Gasteiger partial charge in [-0.2, -0.15) is 0 Å². The first-order chi connectivity index (χ1) is 17.8. The fraction of sp³-hybridized carbons (Fsp3) is 0.346. The number of nitrogens with two attached hydrogens (primary N) is 1. The molecule has 1 aliphatic carbocycles. The van der Waals surface area contributed by atoms with E-state index < -0.39 is 59.0 Å². The molecule has 2 aliphatic rings. The molecule has 0 radical (unpaired) electrons. The van der Waals surface area contributed by atoms with E-state index in [1.165, 1.54) is 13.3 Å². The first-order valence-corrected chi connectivity index (χ1v) is 11.8. The first kappa shape index (κ1) is 25.1. The molecule has 2 aromatic heterocycles. The second-order valence-corrected chi connectivity index (χ2v) is 9.23. The molecule has 0 bridgehead atoms. The lowest BCUT2D eigenvalue weighted by Gasteiger charge is -2.38. The molecule has 3 aromatic rings. The number of aliphatic hydroxyl groups is 1. The van der Waals surface area contributed by atoms with Gasteiger partial charge in [-0.3, -0.25) is 9.78 Å². The minimum Gasteiger partial charge on any atom is -0.497 e. The summed E-state index contributed by atoms with van der Waals surface area (Å²) < 4.78 is 54.7. The van der Waals surface area contributed by atoms with Crippen LogP contribution in [0.4, 0.5) is 18.9 Å². The van der Waals surface area contributed by atoms with Crippen molar-refractivity contribution in [1.82, 2.24) is 9.97 Å². The number of rotatable bonds is 6. The summed E-state index contributed by atoms with van der Waals surface area (Å²) >= 11 is 0. The van der Waals surface area contributed by atoms with E-state index >= 15 is 0 Å². The SMILES string of the molecule is COc1cc(F)c(-c2nc(C(=O)Nc3cnccc3C3CC(N)C(O)C(C4CC4)O3)ccc2F)c(F)c1. The van der Waals surface area contributed by atoms with Crippen molar-refractivity contribution in [2.45, 2.75) is 43.6 Å². The molecule has 4 atom stereocenters. The Morgan fingerprint density at radius 3 is 2.57 bits per heavy atom. The standard InChI is InChI=1S/C26H25F3N4O4/c1-36-13-8-16(28)22(17(29)9-13)23-15(27)4-5-19(32-23)26(35)33-20-11-31-7-6-14(20)21-10-18(30)24(34)25(37-21)12-2-3-12/h4-9,11-12,18,21,24-25,34H,2-3,10,30H2,1H3,(H,33,35). The Morgan fingerprint density at radius 1 is 1.16 bits per heavy atom. The molecule has 5 rings (SSSR count). The predicted molar refractivity (Wildman–Crippen MR) is 127 cm³/mol. The van der Waals surface area contributed by atoms with Gasteiger partial charge in [0.2, 0.25) is 0 Å². The molecule has 3 heterocycles. The minimum absolute atomic E-state index is 0.0849. The van der Waals surface area contributed by atoms with Crippen LogP contribution >= 0.6 is 0 Å².